The monoisotopic (exact) mass is 267 g/mol. The molecule has 0 saturated heterocycles. The van der Waals surface area contributed by atoms with Crippen molar-refractivity contribution in [3.05, 3.63) is 18.3 Å². The van der Waals surface area contributed by atoms with Crippen molar-refractivity contribution < 1.29 is 13.2 Å². The van der Waals surface area contributed by atoms with Gasteiger partial charge >= 0.3 is 6.43 Å². The highest BCUT2D eigenvalue weighted by molar-refractivity contribution is 5.50. The molecule has 0 amide bonds. The van der Waals surface area contributed by atoms with Gasteiger partial charge in [0.2, 0.25) is 5.95 Å². The van der Waals surface area contributed by atoms with E-state index in [1.807, 2.05) is 0 Å². The van der Waals surface area contributed by atoms with Crippen LogP contribution in [0.15, 0.2) is 16.8 Å². The standard InChI is InChI=1S/C11H11F2N5O/c1-11(2-3-11)16-10-14-4-6(5-15-10)8-17-18-9(19-8)7(12)13/h4-5,7H,2-3H2,1H3,(H,14,15,16). The highest BCUT2D eigenvalue weighted by atomic mass is 19.3. The van der Waals surface area contributed by atoms with E-state index < -0.39 is 12.3 Å². The van der Waals surface area contributed by atoms with Crippen LogP contribution in [0, 0.1) is 0 Å². The molecule has 2 heterocycles. The van der Waals surface area contributed by atoms with Crippen molar-refractivity contribution in [2.75, 3.05) is 5.32 Å². The number of anilines is 1. The predicted octanol–water partition coefficient (Wildman–Crippen LogP) is 2.43. The maximum atomic E-state index is 12.3. The molecule has 0 aromatic carbocycles. The maximum absolute atomic E-state index is 12.3. The third-order valence-corrected chi connectivity index (χ3v) is 2.94. The third kappa shape index (κ3) is 2.51. The fourth-order valence-electron chi connectivity index (χ4n) is 1.52. The van der Waals surface area contributed by atoms with Crippen molar-refractivity contribution >= 4 is 5.95 Å². The first kappa shape index (κ1) is 11.9. The zero-order valence-electron chi connectivity index (χ0n) is 10.1. The van der Waals surface area contributed by atoms with Gasteiger partial charge in [-0.1, -0.05) is 0 Å². The van der Waals surface area contributed by atoms with Crippen LogP contribution >= 0.6 is 0 Å². The van der Waals surface area contributed by atoms with Crippen molar-refractivity contribution in [3.8, 4) is 11.5 Å². The number of rotatable bonds is 4. The molecule has 6 nitrogen and oxygen atoms in total. The molecule has 0 bridgehead atoms. The van der Waals surface area contributed by atoms with E-state index in [-0.39, 0.29) is 11.4 Å². The summed E-state index contributed by atoms with van der Waals surface area (Å²) in [7, 11) is 0. The Morgan fingerprint density at radius 2 is 1.95 bits per heavy atom. The molecular formula is C11H11F2N5O. The van der Waals surface area contributed by atoms with Gasteiger partial charge in [-0.05, 0) is 19.8 Å². The first-order valence-electron chi connectivity index (χ1n) is 5.78. The van der Waals surface area contributed by atoms with Crippen molar-refractivity contribution in [2.45, 2.75) is 31.7 Å². The summed E-state index contributed by atoms with van der Waals surface area (Å²) in [4.78, 5) is 8.19. The molecule has 0 atom stereocenters. The molecule has 2 aromatic heterocycles. The average molecular weight is 267 g/mol. The maximum Gasteiger partial charge on any atom is 0.314 e. The first-order valence-corrected chi connectivity index (χ1v) is 5.78. The van der Waals surface area contributed by atoms with Gasteiger partial charge in [0.1, 0.15) is 0 Å². The lowest BCUT2D eigenvalue weighted by Crippen LogP contribution is -2.17. The number of hydrogen-bond acceptors (Lipinski definition) is 6. The Bertz CT molecular complexity index is 579. The zero-order valence-corrected chi connectivity index (χ0v) is 10.1. The van der Waals surface area contributed by atoms with E-state index in [2.05, 4.69) is 32.4 Å². The Kier molecular flexibility index (Phi) is 2.65. The van der Waals surface area contributed by atoms with E-state index in [0.29, 0.717) is 11.5 Å². The van der Waals surface area contributed by atoms with Gasteiger partial charge in [0.25, 0.3) is 11.8 Å². The lowest BCUT2D eigenvalue weighted by atomic mass is 10.3. The molecule has 8 heteroatoms. The summed E-state index contributed by atoms with van der Waals surface area (Å²) < 4.78 is 29.4. The summed E-state index contributed by atoms with van der Waals surface area (Å²) in [5.74, 6) is -0.223. The summed E-state index contributed by atoms with van der Waals surface area (Å²) in [5, 5.41) is 9.96. The van der Waals surface area contributed by atoms with Crippen molar-refractivity contribution in [1.82, 2.24) is 20.2 Å². The van der Waals surface area contributed by atoms with Crippen LogP contribution in [0.25, 0.3) is 11.5 Å². The fourth-order valence-corrected chi connectivity index (χ4v) is 1.52. The van der Waals surface area contributed by atoms with Crippen LogP contribution in [0.2, 0.25) is 0 Å². The number of nitrogens with zero attached hydrogens (tertiary/aromatic N) is 4. The molecule has 0 aliphatic heterocycles. The van der Waals surface area contributed by atoms with Crippen molar-refractivity contribution in [2.24, 2.45) is 0 Å². The second-order valence-electron chi connectivity index (χ2n) is 4.73. The van der Waals surface area contributed by atoms with Crippen LogP contribution in [0.3, 0.4) is 0 Å². The molecule has 100 valence electrons. The van der Waals surface area contributed by atoms with E-state index in [9.17, 15) is 8.78 Å². The molecule has 3 rings (SSSR count). The molecule has 19 heavy (non-hydrogen) atoms. The van der Waals surface area contributed by atoms with Crippen LogP contribution in [-0.2, 0) is 0 Å². The van der Waals surface area contributed by atoms with E-state index in [1.165, 1.54) is 12.4 Å². The molecule has 1 saturated carbocycles. The number of hydrogen-bond donors (Lipinski definition) is 1. The van der Waals surface area contributed by atoms with Gasteiger partial charge in [0.15, 0.2) is 0 Å². The van der Waals surface area contributed by atoms with E-state index in [1.54, 1.807) is 0 Å². The highest BCUT2D eigenvalue weighted by Crippen LogP contribution is 2.37. The van der Waals surface area contributed by atoms with Crippen LogP contribution in [-0.4, -0.2) is 25.7 Å². The second-order valence-corrected chi connectivity index (χ2v) is 4.73. The van der Waals surface area contributed by atoms with Crippen molar-refractivity contribution in [1.29, 1.82) is 0 Å². The number of nitrogens with one attached hydrogen (secondary N) is 1. The Hall–Kier alpha value is -2.12. The minimum absolute atomic E-state index is 0.0144. The zero-order chi connectivity index (χ0) is 13.5. The fraction of sp³-hybridized carbons (Fsp3) is 0.455. The van der Waals surface area contributed by atoms with E-state index in [0.717, 1.165) is 12.8 Å². The number of halogens is 2. The lowest BCUT2D eigenvalue weighted by molar-refractivity contribution is 0.116. The lowest BCUT2D eigenvalue weighted by Gasteiger charge is -2.10. The molecule has 1 aliphatic rings. The molecule has 0 unspecified atom stereocenters. The van der Waals surface area contributed by atoms with Crippen molar-refractivity contribution in [3.63, 3.8) is 0 Å². The van der Waals surface area contributed by atoms with Crippen LogP contribution in [0.1, 0.15) is 32.1 Å². The van der Waals surface area contributed by atoms with Crippen LogP contribution < -0.4 is 5.32 Å². The molecule has 0 radical (unpaired) electrons. The van der Waals surface area contributed by atoms with Gasteiger partial charge in [0.05, 0.1) is 5.56 Å². The molecule has 2 aromatic rings. The smallest absolute Gasteiger partial charge is 0.314 e. The molecule has 1 aliphatic carbocycles. The Morgan fingerprint density at radius 1 is 1.26 bits per heavy atom. The second kappa shape index (κ2) is 4.22. The van der Waals surface area contributed by atoms with Gasteiger partial charge < -0.3 is 9.73 Å². The minimum Gasteiger partial charge on any atom is -0.415 e. The van der Waals surface area contributed by atoms with Gasteiger partial charge in [0, 0.05) is 17.9 Å². The molecular weight excluding hydrogens is 256 g/mol. The normalized spacial score (nSPS) is 16.6. The summed E-state index contributed by atoms with van der Waals surface area (Å²) in [5.41, 5.74) is 0.486. The molecule has 0 spiro atoms. The first-order chi connectivity index (χ1) is 9.06. The summed E-state index contributed by atoms with van der Waals surface area (Å²) in [6.45, 7) is 2.08. The van der Waals surface area contributed by atoms with E-state index >= 15 is 0 Å². The topological polar surface area (TPSA) is 76.7 Å². The summed E-state index contributed by atoms with van der Waals surface area (Å²) in [6, 6.07) is 0. The number of aromatic nitrogens is 4. The quantitative estimate of drug-likeness (QED) is 0.916. The molecule has 1 N–H and O–H groups in total. The largest absolute Gasteiger partial charge is 0.415 e. The SMILES string of the molecule is CC1(Nc2ncc(-c3nnc(C(F)F)o3)cn2)CC1. The Labute approximate surface area is 107 Å². The Balaban J connectivity index is 1.77. The summed E-state index contributed by atoms with van der Waals surface area (Å²) in [6.07, 6.45) is 2.31. The minimum atomic E-state index is -2.78. The van der Waals surface area contributed by atoms with Crippen LogP contribution in [0.4, 0.5) is 14.7 Å². The average Bonchev–Trinajstić information content (AvgIpc) is 2.93. The van der Waals surface area contributed by atoms with Gasteiger partial charge in [-0.3, -0.25) is 0 Å². The van der Waals surface area contributed by atoms with Gasteiger partial charge in [-0.25, -0.2) is 9.97 Å². The van der Waals surface area contributed by atoms with Gasteiger partial charge in [-0.15, -0.1) is 10.2 Å². The highest BCUT2D eigenvalue weighted by Gasteiger charge is 2.37. The molecule has 1 fully saturated rings. The third-order valence-electron chi connectivity index (χ3n) is 2.94. The van der Waals surface area contributed by atoms with E-state index in [4.69, 9.17) is 4.42 Å². The van der Waals surface area contributed by atoms with Crippen LogP contribution in [0.5, 0.6) is 0 Å². The number of alkyl halides is 2. The Morgan fingerprint density at radius 3 is 2.47 bits per heavy atom. The van der Waals surface area contributed by atoms with Gasteiger partial charge in [-0.2, -0.15) is 8.78 Å². The summed E-state index contributed by atoms with van der Waals surface area (Å²) >= 11 is 0. The predicted molar refractivity (Wildman–Crippen MR) is 61.5 cm³/mol.